The van der Waals surface area contributed by atoms with Crippen LogP contribution in [0.3, 0.4) is 0 Å². The van der Waals surface area contributed by atoms with Gasteiger partial charge in [0.1, 0.15) is 10.8 Å². The quantitative estimate of drug-likeness (QED) is 0.492. The summed E-state index contributed by atoms with van der Waals surface area (Å²) < 4.78 is 15.7. The largest absolute Gasteiger partial charge is 0.236 e. The van der Waals surface area contributed by atoms with Crippen molar-refractivity contribution in [3.05, 3.63) is 62.6 Å². The Balaban J connectivity index is 1.99. The first kappa shape index (κ1) is 13.9. The molecule has 0 bridgehead atoms. The van der Waals surface area contributed by atoms with Gasteiger partial charge in [0.25, 0.3) is 0 Å². The van der Waals surface area contributed by atoms with Gasteiger partial charge < -0.3 is 0 Å². The summed E-state index contributed by atoms with van der Waals surface area (Å²) in [4.78, 5) is 4.52. The molecule has 1 aromatic heterocycles. The third kappa shape index (κ3) is 2.85. The minimum Gasteiger partial charge on any atom is -0.236 e. The summed E-state index contributed by atoms with van der Waals surface area (Å²) in [7, 11) is 0. The third-order valence-electron chi connectivity index (χ3n) is 2.80. The van der Waals surface area contributed by atoms with Crippen molar-refractivity contribution in [3.8, 4) is 21.8 Å². The lowest BCUT2D eigenvalue weighted by atomic mass is 10.1. The van der Waals surface area contributed by atoms with Gasteiger partial charge in [-0.15, -0.1) is 11.3 Å². The van der Waals surface area contributed by atoms with Gasteiger partial charge in [-0.3, -0.25) is 0 Å². The summed E-state index contributed by atoms with van der Waals surface area (Å²) in [6.07, 6.45) is 0. The summed E-state index contributed by atoms with van der Waals surface area (Å²) in [5.41, 5.74) is 2.22. The molecule has 20 heavy (non-hydrogen) atoms. The summed E-state index contributed by atoms with van der Waals surface area (Å²) >= 11 is 8.17. The van der Waals surface area contributed by atoms with Gasteiger partial charge in [-0.1, -0.05) is 44.0 Å². The lowest BCUT2D eigenvalue weighted by Crippen LogP contribution is -1.85. The molecule has 0 aliphatic rings. The lowest BCUT2D eigenvalue weighted by Gasteiger charge is -2.00. The van der Waals surface area contributed by atoms with E-state index in [9.17, 15) is 4.39 Å². The van der Waals surface area contributed by atoms with Crippen LogP contribution >= 0.6 is 43.2 Å². The molecule has 0 aliphatic heterocycles. The average molecular weight is 413 g/mol. The second-order valence-electron chi connectivity index (χ2n) is 4.17. The first-order chi connectivity index (χ1) is 9.63. The number of rotatable bonds is 2. The van der Waals surface area contributed by atoms with Crippen LogP contribution in [0.1, 0.15) is 0 Å². The van der Waals surface area contributed by atoms with Crippen molar-refractivity contribution in [2.75, 3.05) is 0 Å². The lowest BCUT2D eigenvalue weighted by molar-refractivity contribution is 0.630. The van der Waals surface area contributed by atoms with Crippen molar-refractivity contribution in [2.45, 2.75) is 0 Å². The molecule has 0 spiro atoms. The van der Waals surface area contributed by atoms with Gasteiger partial charge in [0.05, 0.1) is 5.69 Å². The van der Waals surface area contributed by atoms with Gasteiger partial charge in [-0.05, 0) is 30.3 Å². The van der Waals surface area contributed by atoms with Crippen molar-refractivity contribution in [2.24, 2.45) is 0 Å². The minimum absolute atomic E-state index is 0.271. The molecule has 0 aliphatic carbocycles. The van der Waals surface area contributed by atoms with Gasteiger partial charge >= 0.3 is 0 Å². The van der Waals surface area contributed by atoms with Gasteiger partial charge in [0, 0.05) is 25.5 Å². The van der Waals surface area contributed by atoms with E-state index in [1.54, 1.807) is 6.07 Å². The van der Waals surface area contributed by atoms with E-state index >= 15 is 0 Å². The Kier molecular flexibility index (Phi) is 4.01. The van der Waals surface area contributed by atoms with Crippen LogP contribution in [0.4, 0.5) is 4.39 Å². The number of aromatic nitrogens is 1. The molecule has 0 fully saturated rings. The third-order valence-corrected chi connectivity index (χ3v) is 4.72. The van der Waals surface area contributed by atoms with E-state index in [2.05, 4.69) is 36.8 Å². The molecular formula is C15H8Br2FNS. The first-order valence-corrected chi connectivity index (χ1v) is 8.27. The monoisotopic (exact) mass is 411 g/mol. The predicted molar refractivity (Wildman–Crippen MR) is 88.3 cm³/mol. The predicted octanol–water partition coefficient (Wildman–Crippen LogP) is 6.14. The molecule has 0 atom stereocenters. The number of benzene rings is 2. The fourth-order valence-electron chi connectivity index (χ4n) is 1.82. The molecule has 1 heterocycles. The molecule has 5 heteroatoms. The first-order valence-electron chi connectivity index (χ1n) is 5.80. The molecule has 100 valence electrons. The SMILES string of the molecule is Fc1cc(Br)ccc1-c1csc(-c2ccc(Br)cc2)n1. The zero-order valence-corrected chi connectivity index (χ0v) is 14.1. The highest BCUT2D eigenvalue weighted by atomic mass is 79.9. The van der Waals surface area contributed by atoms with Crippen molar-refractivity contribution < 1.29 is 4.39 Å². The summed E-state index contributed by atoms with van der Waals surface area (Å²) in [6, 6.07) is 12.9. The van der Waals surface area contributed by atoms with Crippen LogP contribution in [0.2, 0.25) is 0 Å². The molecule has 0 N–H and O–H groups in total. The Bertz CT molecular complexity index is 753. The standard InChI is InChI=1S/C15H8Br2FNS/c16-10-3-1-9(2-4-10)15-19-14(8-20-15)12-6-5-11(17)7-13(12)18/h1-8H. The van der Waals surface area contributed by atoms with E-state index in [4.69, 9.17) is 0 Å². The molecule has 0 saturated heterocycles. The maximum atomic E-state index is 13.9. The van der Waals surface area contributed by atoms with Crippen molar-refractivity contribution in [1.29, 1.82) is 0 Å². The van der Waals surface area contributed by atoms with E-state index < -0.39 is 0 Å². The van der Waals surface area contributed by atoms with Gasteiger partial charge in [0.15, 0.2) is 0 Å². The van der Waals surface area contributed by atoms with Crippen LogP contribution in [0, 0.1) is 5.82 Å². The van der Waals surface area contributed by atoms with Gasteiger partial charge in [-0.25, -0.2) is 9.37 Å². The second-order valence-corrected chi connectivity index (χ2v) is 6.86. The molecule has 1 nitrogen and oxygen atoms in total. The van der Waals surface area contributed by atoms with E-state index in [-0.39, 0.29) is 5.82 Å². The molecule has 3 aromatic rings. The smallest absolute Gasteiger partial charge is 0.133 e. The summed E-state index contributed by atoms with van der Waals surface area (Å²) in [5.74, 6) is -0.271. The molecule has 2 aromatic carbocycles. The van der Waals surface area contributed by atoms with E-state index in [0.717, 1.165) is 19.5 Å². The second kappa shape index (κ2) is 5.76. The normalized spacial score (nSPS) is 10.8. The number of hydrogen-bond acceptors (Lipinski definition) is 2. The molecule has 3 rings (SSSR count). The zero-order valence-electron chi connectivity index (χ0n) is 10.1. The van der Waals surface area contributed by atoms with Gasteiger partial charge in [-0.2, -0.15) is 0 Å². The van der Waals surface area contributed by atoms with Gasteiger partial charge in [0.2, 0.25) is 0 Å². The highest BCUT2D eigenvalue weighted by molar-refractivity contribution is 9.10. The number of halogens is 3. The Morgan fingerprint density at radius 3 is 2.35 bits per heavy atom. The molecule has 0 amide bonds. The molecule has 0 radical (unpaired) electrons. The maximum Gasteiger partial charge on any atom is 0.133 e. The Morgan fingerprint density at radius 1 is 0.950 bits per heavy atom. The van der Waals surface area contributed by atoms with Crippen LogP contribution in [0.25, 0.3) is 21.8 Å². The van der Waals surface area contributed by atoms with Crippen molar-refractivity contribution in [3.63, 3.8) is 0 Å². The average Bonchev–Trinajstić information content (AvgIpc) is 2.89. The topological polar surface area (TPSA) is 12.9 Å². The highest BCUT2D eigenvalue weighted by Gasteiger charge is 2.10. The molecular weight excluding hydrogens is 405 g/mol. The Morgan fingerprint density at radius 2 is 1.65 bits per heavy atom. The van der Waals surface area contributed by atoms with Crippen LogP contribution < -0.4 is 0 Å². The fraction of sp³-hybridized carbons (Fsp3) is 0. The van der Waals surface area contributed by atoms with E-state index in [1.807, 2.05) is 35.7 Å². The summed E-state index contributed by atoms with van der Waals surface area (Å²) in [5, 5.41) is 2.76. The minimum atomic E-state index is -0.271. The molecule has 0 saturated carbocycles. The van der Waals surface area contributed by atoms with Crippen molar-refractivity contribution >= 4 is 43.2 Å². The van der Waals surface area contributed by atoms with Crippen molar-refractivity contribution in [1.82, 2.24) is 4.98 Å². The van der Waals surface area contributed by atoms with Crippen LogP contribution in [0.15, 0.2) is 56.8 Å². The maximum absolute atomic E-state index is 13.9. The fourth-order valence-corrected chi connectivity index (χ4v) is 3.24. The van der Waals surface area contributed by atoms with Crippen LogP contribution in [-0.2, 0) is 0 Å². The Labute approximate surface area is 136 Å². The highest BCUT2D eigenvalue weighted by Crippen LogP contribution is 2.31. The van der Waals surface area contributed by atoms with E-state index in [0.29, 0.717) is 11.3 Å². The Hall–Kier alpha value is -1.04. The van der Waals surface area contributed by atoms with E-state index in [1.165, 1.54) is 17.4 Å². The zero-order chi connectivity index (χ0) is 14.1. The number of thiazole rings is 1. The van der Waals surface area contributed by atoms with Crippen LogP contribution in [0.5, 0.6) is 0 Å². The molecule has 0 unspecified atom stereocenters. The number of hydrogen-bond donors (Lipinski definition) is 0. The number of nitrogens with zero attached hydrogens (tertiary/aromatic N) is 1. The van der Waals surface area contributed by atoms with Crippen LogP contribution in [-0.4, -0.2) is 4.98 Å². The summed E-state index contributed by atoms with van der Waals surface area (Å²) in [6.45, 7) is 0.